The molecule has 0 amide bonds. The van der Waals surface area contributed by atoms with Crippen LogP contribution >= 0.6 is 0 Å². The minimum Gasteiger partial charge on any atom is -0.496 e. The third-order valence-corrected chi connectivity index (χ3v) is 2.83. The van der Waals surface area contributed by atoms with Crippen molar-refractivity contribution in [1.29, 1.82) is 0 Å². The van der Waals surface area contributed by atoms with Crippen LogP contribution in [-0.2, 0) is 6.42 Å². The first kappa shape index (κ1) is 11.5. The Morgan fingerprint density at radius 1 is 1.41 bits per heavy atom. The van der Waals surface area contributed by atoms with Crippen LogP contribution in [0.2, 0.25) is 0 Å². The Morgan fingerprint density at radius 3 is 2.71 bits per heavy atom. The lowest BCUT2D eigenvalue weighted by atomic mass is 10.0. The van der Waals surface area contributed by atoms with Gasteiger partial charge in [-0.1, -0.05) is 18.1 Å². The van der Waals surface area contributed by atoms with E-state index in [0.29, 0.717) is 17.1 Å². The number of hydrogen-bond acceptors (Lipinski definition) is 4. The summed E-state index contributed by atoms with van der Waals surface area (Å²) in [6.45, 7) is 3.92. The second kappa shape index (κ2) is 4.49. The lowest BCUT2D eigenvalue weighted by Gasteiger charge is -2.08. The highest BCUT2D eigenvalue weighted by Gasteiger charge is 2.16. The molecule has 0 spiro atoms. The van der Waals surface area contributed by atoms with Gasteiger partial charge in [0.15, 0.2) is 5.76 Å². The van der Waals surface area contributed by atoms with E-state index in [1.54, 1.807) is 7.11 Å². The second-order valence-electron chi connectivity index (χ2n) is 3.90. The molecule has 0 aliphatic carbocycles. The van der Waals surface area contributed by atoms with Gasteiger partial charge in [0.1, 0.15) is 17.1 Å². The van der Waals surface area contributed by atoms with Crippen molar-refractivity contribution in [2.75, 3.05) is 12.8 Å². The maximum atomic E-state index is 5.94. The molecule has 0 atom stereocenters. The Hall–Kier alpha value is -1.97. The van der Waals surface area contributed by atoms with Gasteiger partial charge in [-0.15, -0.1) is 0 Å². The van der Waals surface area contributed by atoms with Gasteiger partial charge in [0, 0.05) is 0 Å². The highest BCUT2D eigenvalue weighted by atomic mass is 16.5. The molecule has 2 N–H and O–H groups in total. The molecule has 0 radical (unpaired) electrons. The van der Waals surface area contributed by atoms with Crippen molar-refractivity contribution in [2.24, 2.45) is 0 Å². The molecule has 2 aromatic rings. The summed E-state index contributed by atoms with van der Waals surface area (Å²) in [6, 6.07) is 5.97. The molecule has 4 nitrogen and oxygen atoms in total. The third-order valence-electron chi connectivity index (χ3n) is 2.83. The molecule has 2 rings (SSSR count). The molecule has 1 aromatic heterocycles. The summed E-state index contributed by atoms with van der Waals surface area (Å²) in [5.41, 5.74) is 9.26. The molecule has 17 heavy (non-hydrogen) atoms. The first-order valence-corrected chi connectivity index (χ1v) is 5.56. The maximum absolute atomic E-state index is 5.94. The van der Waals surface area contributed by atoms with Gasteiger partial charge in [0.2, 0.25) is 0 Å². The summed E-state index contributed by atoms with van der Waals surface area (Å²) in [6.07, 6.45) is 0.948. The lowest BCUT2D eigenvalue weighted by molar-refractivity contribution is 0.404. The first-order valence-electron chi connectivity index (χ1n) is 5.56. The number of hydrogen-bond donors (Lipinski definition) is 1. The van der Waals surface area contributed by atoms with Crippen LogP contribution in [0.5, 0.6) is 5.75 Å². The Morgan fingerprint density at radius 2 is 2.18 bits per heavy atom. The normalized spacial score (nSPS) is 10.5. The van der Waals surface area contributed by atoms with Gasteiger partial charge in [-0.05, 0) is 31.0 Å². The molecule has 0 unspecified atom stereocenters. The van der Waals surface area contributed by atoms with Crippen LogP contribution in [0.1, 0.15) is 18.2 Å². The molecule has 90 valence electrons. The van der Waals surface area contributed by atoms with Crippen LogP contribution in [-0.4, -0.2) is 12.3 Å². The monoisotopic (exact) mass is 232 g/mol. The number of benzene rings is 1. The summed E-state index contributed by atoms with van der Waals surface area (Å²) in [7, 11) is 1.63. The molecule has 4 heteroatoms. The van der Waals surface area contributed by atoms with Crippen molar-refractivity contribution in [3.05, 3.63) is 29.5 Å². The zero-order valence-electron chi connectivity index (χ0n) is 10.3. The topological polar surface area (TPSA) is 61.3 Å². The zero-order valence-corrected chi connectivity index (χ0v) is 10.3. The number of nitrogen functional groups attached to an aromatic ring is 1. The fourth-order valence-corrected chi connectivity index (χ4v) is 1.72. The molecule has 0 saturated heterocycles. The predicted molar refractivity (Wildman–Crippen MR) is 67.0 cm³/mol. The molecular formula is C13H16N2O2. The summed E-state index contributed by atoms with van der Waals surface area (Å²) < 4.78 is 10.6. The van der Waals surface area contributed by atoms with Gasteiger partial charge in [0.05, 0.1) is 12.7 Å². The van der Waals surface area contributed by atoms with Gasteiger partial charge in [-0.3, -0.25) is 0 Å². The van der Waals surface area contributed by atoms with Crippen LogP contribution in [0, 0.1) is 6.92 Å². The fraction of sp³-hybridized carbons (Fsp3) is 0.308. The number of aromatic nitrogens is 1. The highest BCUT2D eigenvalue weighted by Crippen LogP contribution is 2.35. The van der Waals surface area contributed by atoms with Crippen LogP contribution < -0.4 is 10.5 Å². The molecule has 0 aliphatic heterocycles. The Balaban J connectivity index is 2.60. The number of aryl methyl sites for hydroxylation is 2. The van der Waals surface area contributed by atoms with Gasteiger partial charge < -0.3 is 15.0 Å². The van der Waals surface area contributed by atoms with Crippen molar-refractivity contribution in [1.82, 2.24) is 5.16 Å². The molecule has 0 bridgehead atoms. The van der Waals surface area contributed by atoms with Crippen LogP contribution in [0.25, 0.3) is 11.3 Å². The van der Waals surface area contributed by atoms with E-state index in [0.717, 1.165) is 17.7 Å². The Bertz CT molecular complexity index is 532. The molecular weight excluding hydrogens is 216 g/mol. The van der Waals surface area contributed by atoms with Gasteiger partial charge in [-0.25, -0.2) is 0 Å². The average Bonchev–Trinajstić information content (AvgIpc) is 2.69. The molecule has 1 heterocycles. The summed E-state index contributed by atoms with van der Waals surface area (Å²) in [5.74, 6) is 1.32. The number of anilines is 1. The lowest BCUT2D eigenvalue weighted by Crippen LogP contribution is -1.93. The predicted octanol–water partition coefficient (Wildman–Crippen LogP) is 2.80. The van der Waals surface area contributed by atoms with Crippen LogP contribution in [0.15, 0.2) is 22.7 Å². The Kier molecular flexibility index (Phi) is 3.04. The molecule has 0 saturated carbocycles. The molecule has 0 aliphatic rings. The van der Waals surface area contributed by atoms with E-state index in [2.05, 4.69) is 12.1 Å². The largest absolute Gasteiger partial charge is 0.496 e. The van der Waals surface area contributed by atoms with E-state index in [1.165, 1.54) is 5.56 Å². The van der Waals surface area contributed by atoms with E-state index in [1.807, 2.05) is 25.1 Å². The Labute approximate surface area is 100 Å². The fourth-order valence-electron chi connectivity index (χ4n) is 1.72. The second-order valence-corrected chi connectivity index (χ2v) is 3.90. The standard InChI is InChI=1S/C13H16N2O2/c1-4-9-5-6-11(16-3)10(7-9)13-12(14)8(2)15-17-13/h5-7H,4,14H2,1-3H3. The summed E-state index contributed by atoms with van der Waals surface area (Å²) >= 11 is 0. The van der Waals surface area contributed by atoms with Crippen molar-refractivity contribution in [3.8, 4) is 17.1 Å². The number of rotatable bonds is 3. The van der Waals surface area contributed by atoms with Crippen LogP contribution in [0.3, 0.4) is 0 Å². The smallest absolute Gasteiger partial charge is 0.193 e. The number of nitrogens with zero attached hydrogens (tertiary/aromatic N) is 1. The van der Waals surface area contributed by atoms with E-state index in [4.69, 9.17) is 15.0 Å². The maximum Gasteiger partial charge on any atom is 0.193 e. The van der Waals surface area contributed by atoms with Gasteiger partial charge >= 0.3 is 0 Å². The minimum atomic E-state index is 0.566. The minimum absolute atomic E-state index is 0.566. The van der Waals surface area contributed by atoms with E-state index < -0.39 is 0 Å². The van der Waals surface area contributed by atoms with E-state index >= 15 is 0 Å². The number of nitrogens with two attached hydrogens (primary N) is 1. The van der Waals surface area contributed by atoms with Crippen molar-refractivity contribution < 1.29 is 9.26 Å². The third kappa shape index (κ3) is 1.98. The van der Waals surface area contributed by atoms with Crippen molar-refractivity contribution in [2.45, 2.75) is 20.3 Å². The zero-order chi connectivity index (χ0) is 12.4. The molecule has 1 aromatic carbocycles. The summed E-state index contributed by atoms with van der Waals surface area (Å²) in [5, 5.41) is 3.87. The van der Waals surface area contributed by atoms with Crippen LogP contribution in [0.4, 0.5) is 5.69 Å². The SMILES string of the molecule is CCc1ccc(OC)c(-c2onc(C)c2N)c1. The first-order chi connectivity index (χ1) is 8.17. The number of methoxy groups -OCH3 is 1. The van der Waals surface area contributed by atoms with Crippen molar-refractivity contribution >= 4 is 5.69 Å². The van der Waals surface area contributed by atoms with E-state index in [-0.39, 0.29) is 0 Å². The van der Waals surface area contributed by atoms with Gasteiger partial charge in [0.25, 0.3) is 0 Å². The van der Waals surface area contributed by atoms with E-state index in [9.17, 15) is 0 Å². The highest BCUT2D eigenvalue weighted by molar-refractivity contribution is 5.77. The average molecular weight is 232 g/mol. The van der Waals surface area contributed by atoms with Crippen molar-refractivity contribution in [3.63, 3.8) is 0 Å². The quantitative estimate of drug-likeness (QED) is 0.883. The molecule has 0 fully saturated rings. The number of ether oxygens (including phenoxy) is 1. The summed E-state index contributed by atoms with van der Waals surface area (Å²) in [4.78, 5) is 0. The van der Waals surface area contributed by atoms with Gasteiger partial charge in [-0.2, -0.15) is 0 Å².